The van der Waals surface area contributed by atoms with E-state index in [0.717, 1.165) is 19.3 Å². The van der Waals surface area contributed by atoms with Crippen molar-refractivity contribution in [3.8, 4) is 11.1 Å². The van der Waals surface area contributed by atoms with E-state index in [1.807, 2.05) is 6.92 Å². The number of halogens is 12. The van der Waals surface area contributed by atoms with Gasteiger partial charge in [-0.15, -0.1) is 0 Å². The molecule has 0 saturated carbocycles. The van der Waals surface area contributed by atoms with Crippen molar-refractivity contribution in [3.05, 3.63) is 52.4 Å². The predicted molar refractivity (Wildman–Crippen MR) is 103 cm³/mol. The lowest BCUT2D eigenvalue weighted by atomic mass is 9.98. The van der Waals surface area contributed by atoms with Gasteiger partial charge >= 0.3 is 6.30 Å². The molecule has 0 radical (unpaired) electrons. The molecule has 13 heteroatoms. The fourth-order valence-corrected chi connectivity index (χ4v) is 3.52. The van der Waals surface area contributed by atoms with Crippen LogP contribution in [0.15, 0.2) is 0 Å². The second-order valence-corrected chi connectivity index (χ2v) is 7.67. The summed E-state index contributed by atoms with van der Waals surface area (Å²) in [6.45, 7) is 0.722. The van der Waals surface area contributed by atoms with Crippen LogP contribution in [-0.4, -0.2) is 12.8 Å². The number of benzene rings is 2. The minimum atomic E-state index is -5.64. The van der Waals surface area contributed by atoms with Crippen LogP contribution in [0.5, 0.6) is 0 Å². The summed E-state index contributed by atoms with van der Waals surface area (Å²) >= 11 is 0. The first kappa shape index (κ1) is 28.6. The molecular formula is C22H19F12N. The number of hydrogen-bond donors (Lipinski definition) is 0. The highest BCUT2D eigenvalue weighted by molar-refractivity contribution is 5.81. The molecule has 0 bridgehead atoms. The SMILES string of the molecule is CCCCCCCCCN(c1c(F)c(F)c(F)c(F)c1-c1c(F)c(F)c(F)c(F)c1F)C(F)(F)F. The van der Waals surface area contributed by atoms with Gasteiger partial charge in [0.25, 0.3) is 0 Å². The van der Waals surface area contributed by atoms with Gasteiger partial charge in [0, 0.05) is 6.54 Å². The standard InChI is InChI=1S/C22H19F12N/c1-2-3-4-5-6-7-8-9-35(22(32,33)34)21-11(14(25)17(28)19(30)20(21)31)10-12(23)15(26)18(29)16(27)13(10)24/h2-9H2,1H3. The summed E-state index contributed by atoms with van der Waals surface area (Å²) in [6, 6.07) is 0. The molecule has 2 rings (SSSR count). The maximum atomic E-state index is 14.6. The lowest BCUT2D eigenvalue weighted by Gasteiger charge is -2.30. The fourth-order valence-electron chi connectivity index (χ4n) is 3.52. The summed E-state index contributed by atoms with van der Waals surface area (Å²) in [5.41, 5.74) is -6.92. The molecule has 0 spiro atoms. The van der Waals surface area contributed by atoms with Crippen LogP contribution in [0.1, 0.15) is 51.9 Å². The third kappa shape index (κ3) is 5.80. The van der Waals surface area contributed by atoms with Crippen molar-refractivity contribution in [3.63, 3.8) is 0 Å². The number of alkyl halides is 3. The number of rotatable bonds is 10. The zero-order valence-corrected chi connectivity index (χ0v) is 18.1. The van der Waals surface area contributed by atoms with Crippen molar-refractivity contribution in [1.82, 2.24) is 0 Å². The fraction of sp³-hybridized carbons (Fsp3) is 0.455. The van der Waals surface area contributed by atoms with Crippen molar-refractivity contribution >= 4 is 5.69 Å². The van der Waals surface area contributed by atoms with Crippen LogP contribution in [0.25, 0.3) is 11.1 Å². The molecule has 0 heterocycles. The van der Waals surface area contributed by atoms with E-state index >= 15 is 0 Å². The Hall–Kier alpha value is -2.60. The first-order valence-corrected chi connectivity index (χ1v) is 10.5. The molecule has 0 atom stereocenters. The summed E-state index contributed by atoms with van der Waals surface area (Å²) < 4.78 is 168. The van der Waals surface area contributed by atoms with E-state index in [2.05, 4.69) is 0 Å². The molecule has 0 unspecified atom stereocenters. The third-order valence-corrected chi connectivity index (χ3v) is 5.26. The average molecular weight is 525 g/mol. The van der Waals surface area contributed by atoms with Crippen LogP contribution >= 0.6 is 0 Å². The Morgan fingerprint density at radius 3 is 1.31 bits per heavy atom. The monoisotopic (exact) mass is 525 g/mol. The molecule has 0 amide bonds. The molecule has 0 aromatic heterocycles. The van der Waals surface area contributed by atoms with Crippen LogP contribution in [0.2, 0.25) is 0 Å². The molecule has 0 saturated heterocycles. The van der Waals surface area contributed by atoms with E-state index in [0.29, 0.717) is 12.8 Å². The maximum absolute atomic E-state index is 14.6. The van der Waals surface area contributed by atoms with Crippen molar-refractivity contribution in [1.29, 1.82) is 0 Å². The van der Waals surface area contributed by atoms with E-state index in [9.17, 15) is 52.7 Å². The van der Waals surface area contributed by atoms with Crippen molar-refractivity contribution in [2.75, 3.05) is 11.4 Å². The molecule has 0 aliphatic rings. The normalized spacial score (nSPS) is 11.9. The van der Waals surface area contributed by atoms with Crippen molar-refractivity contribution in [2.45, 2.75) is 58.2 Å². The van der Waals surface area contributed by atoms with Crippen LogP contribution in [0.4, 0.5) is 58.4 Å². The zero-order valence-electron chi connectivity index (χ0n) is 18.1. The Balaban J connectivity index is 2.70. The van der Waals surface area contributed by atoms with E-state index < -0.39 is 86.9 Å². The van der Waals surface area contributed by atoms with Gasteiger partial charge < -0.3 is 0 Å². The zero-order chi connectivity index (χ0) is 26.7. The van der Waals surface area contributed by atoms with Crippen molar-refractivity contribution < 1.29 is 52.7 Å². The van der Waals surface area contributed by atoms with E-state index in [4.69, 9.17) is 0 Å². The molecule has 2 aromatic rings. The molecule has 2 aromatic carbocycles. The molecule has 0 aliphatic carbocycles. The molecule has 0 fully saturated rings. The van der Waals surface area contributed by atoms with Gasteiger partial charge in [-0.2, -0.15) is 13.2 Å². The second-order valence-electron chi connectivity index (χ2n) is 7.67. The highest BCUT2D eigenvalue weighted by atomic mass is 19.4. The number of nitrogens with zero attached hydrogens (tertiary/aromatic N) is 1. The van der Waals surface area contributed by atoms with Gasteiger partial charge in [0.2, 0.25) is 5.82 Å². The van der Waals surface area contributed by atoms with Gasteiger partial charge in [0.05, 0.1) is 16.8 Å². The molecule has 0 aliphatic heterocycles. The largest absolute Gasteiger partial charge is 0.485 e. The first-order valence-electron chi connectivity index (χ1n) is 10.5. The maximum Gasteiger partial charge on any atom is 0.485 e. The van der Waals surface area contributed by atoms with Gasteiger partial charge in [-0.1, -0.05) is 45.4 Å². The Labute approximate surface area is 192 Å². The highest BCUT2D eigenvalue weighted by Crippen LogP contribution is 2.45. The summed E-state index contributed by atoms with van der Waals surface area (Å²) in [5, 5.41) is 0. The van der Waals surface area contributed by atoms with Gasteiger partial charge in [-0.25, -0.2) is 39.5 Å². The van der Waals surface area contributed by atoms with E-state index in [1.54, 1.807) is 0 Å². The summed E-state index contributed by atoms with van der Waals surface area (Å²) in [7, 11) is 0. The van der Waals surface area contributed by atoms with E-state index in [1.165, 1.54) is 0 Å². The Bertz CT molecular complexity index is 1040. The Kier molecular flexibility index (Phi) is 9.35. The summed E-state index contributed by atoms with van der Waals surface area (Å²) in [6.07, 6.45) is -2.24. The number of hydrogen-bond acceptors (Lipinski definition) is 1. The smallest absolute Gasteiger partial charge is 0.280 e. The Morgan fingerprint density at radius 2 is 0.857 bits per heavy atom. The van der Waals surface area contributed by atoms with Gasteiger partial charge in [0.1, 0.15) is 0 Å². The van der Waals surface area contributed by atoms with E-state index in [-0.39, 0.29) is 12.8 Å². The lowest BCUT2D eigenvalue weighted by Crippen LogP contribution is -2.40. The molecule has 35 heavy (non-hydrogen) atoms. The predicted octanol–water partition coefficient (Wildman–Crippen LogP) is 8.68. The first-order chi connectivity index (χ1) is 16.3. The molecule has 0 N–H and O–H groups in total. The molecule has 1 nitrogen and oxygen atoms in total. The van der Waals surface area contributed by atoms with Crippen LogP contribution < -0.4 is 4.90 Å². The minimum Gasteiger partial charge on any atom is -0.280 e. The minimum absolute atomic E-state index is 0.127. The Morgan fingerprint density at radius 1 is 0.486 bits per heavy atom. The topological polar surface area (TPSA) is 3.24 Å². The van der Waals surface area contributed by atoms with Crippen LogP contribution in [0, 0.1) is 52.4 Å². The summed E-state index contributed by atoms with van der Waals surface area (Å²) in [5.74, 6) is -24.9. The third-order valence-electron chi connectivity index (χ3n) is 5.26. The highest BCUT2D eigenvalue weighted by Gasteiger charge is 2.44. The van der Waals surface area contributed by atoms with Gasteiger partial charge in [-0.3, -0.25) is 4.90 Å². The van der Waals surface area contributed by atoms with Crippen molar-refractivity contribution in [2.24, 2.45) is 0 Å². The molecular weight excluding hydrogens is 506 g/mol. The second kappa shape index (κ2) is 11.4. The van der Waals surface area contributed by atoms with Crippen LogP contribution in [-0.2, 0) is 0 Å². The van der Waals surface area contributed by atoms with Gasteiger partial charge in [-0.05, 0) is 6.42 Å². The quantitative estimate of drug-likeness (QED) is 0.0987. The lowest BCUT2D eigenvalue weighted by molar-refractivity contribution is -0.129. The van der Waals surface area contributed by atoms with Gasteiger partial charge in [0.15, 0.2) is 46.5 Å². The summed E-state index contributed by atoms with van der Waals surface area (Å²) in [4.78, 5) is -0.951. The average Bonchev–Trinajstić information content (AvgIpc) is 2.80. The number of unbranched alkanes of at least 4 members (excludes halogenated alkanes) is 6. The van der Waals surface area contributed by atoms with Crippen LogP contribution in [0.3, 0.4) is 0 Å². The molecule has 196 valence electrons. The number of anilines is 1.